The molecule has 1 N–H and O–H groups in total. The molecule has 2 saturated heterocycles. The molecule has 4 amide bonds. The Bertz CT molecular complexity index is 717. The molecule has 140 valence electrons. The fourth-order valence-electron chi connectivity index (χ4n) is 3.34. The third kappa shape index (κ3) is 3.56. The van der Waals surface area contributed by atoms with E-state index in [-0.39, 0.29) is 29.6 Å². The monoisotopic (exact) mass is 379 g/mol. The second-order valence-electron chi connectivity index (χ2n) is 6.87. The van der Waals surface area contributed by atoms with Crippen LogP contribution in [0, 0.1) is 11.7 Å². The molecule has 0 saturated carbocycles. The Morgan fingerprint density at radius 2 is 1.88 bits per heavy atom. The topological polar surface area (TPSA) is 69.7 Å². The standard InChI is InChI=1S/C18H22FN3O3S/c1-12(11-26-14-5-3-13(19)4-6-14)15(23)22-9-7-18(8-10-22)16(24)21(2)17(25)20-18/h3-6,12H,7-11H2,1-2H3,(H,20,25)/t12-/m1/s1. The van der Waals surface area contributed by atoms with Crippen LogP contribution in [0.4, 0.5) is 9.18 Å². The number of amides is 4. The Labute approximate surface area is 156 Å². The van der Waals surface area contributed by atoms with Crippen molar-refractivity contribution in [2.45, 2.75) is 30.2 Å². The van der Waals surface area contributed by atoms with Crippen molar-refractivity contribution in [1.29, 1.82) is 0 Å². The highest BCUT2D eigenvalue weighted by Crippen LogP contribution is 2.30. The van der Waals surface area contributed by atoms with E-state index >= 15 is 0 Å². The highest BCUT2D eigenvalue weighted by molar-refractivity contribution is 7.99. The van der Waals surface area contributed by atoms with Gasteiger partial charge in [-0.1, -0.05) is 6.92 Å². The summed E-state index contributed by atoms with van der Waals surface area (Å²) in [6.45, 7) is 2.77. The normalized spacial score (nSPS) is 20.4. The number of carbonyl (C=O) groups is 3. The van der Waals surface area contributed by atoms with Crippen molar-refractivity contribution in [2.75, 3.05) is 25.9 Å². The molecule has 2 aliphatic heterocycles. The summed E-state index contributed by atoms with van der Waals surface area (Å²) in [5, 5.41) is 2.77. The molecular weight excluding hydrogens is 357 g/mol. The van der Waals surface area contributed by atoms with Gasteiger partial charge in [-0.25, -0.2) is 9.18 Å². The summed E-state index contributed by atoms with van der Waals surface area (Å²) < 4.78 is 12.9. The maximum atomic E-state index is 12.9. The van der Waals surface area contributed by atoms with Gasteiger partial charge in [-0.2, -0.15) is 0 Å². The van der Waals surface area contributed by atoms with Crippen molar-refractivity contribution in [3.8, 4) is 0 Å². The number of likely N-dealkylation sites (N-methyl/N-ethyl adjacent to an activating group) is 1. The van der Waals surface area contributed by atoms with Crippen LogP contribution in [0.2, 0.25) is 0 Å². The summed E-state index contributed by atoms with van der Waals surface area (Å²) in [7, 11) is 1.47. The first kappa shape index (κ1) is 18.7. The van der Waals surface area contributed by atoms with E-state index in [2.05, 4.69) is 5.32 Å². The van der Waals surface area contributed by atoms with Crippen LogP contribution >= 0.6 is 11.8 Å². The molecule has 1 aromatic rings. The maximum Gasteiger partial charge on any atom is 0.324 e. The summed E-state index contributed by atoms with van der Waals surface area (Å²) in [6, 6.07) is 5.84. The van der Waals surface area contributed by atoms with Crippen LogP contribution in [-0.4, -0.2) is 59.1 Å². The van der Waals surface area contributed by atoms with E-state index in [4.69, 9.17) is 0 Å². The van der Waals surface area contributed by atoms with Crippen LogP contribution in [0.1, 0.15) is 19.8 Å². The lowest BCUT2D eigenvalue weighted by molar-refractivity contribution is -0.139. The molecule has 0 aliphatic carbocycles. The average molecular weight is 379 g/mol. The molecule has 2 aliphatic rings. The number of halogens is 1. The van der Waals surface area contributed by atoms with Crippen LogP contribution in [0.5, 0.6) is 0 Å². The highest BCUT2D eigenvalue weighted by atomic mass is 32.2. The van der Waals surface area contributed by atoms with Gasteiger partial charge in [0.2, 0.25) is 5.91 Å². The van der Waals surface area contributed by atoms with E-state index in [0.717, 1.165) is 9.80 Å². The van der Waals surface area contributed by atoms with Crippen LogP contribution in [-0.2, 0) is 9.59 Å². The largest absolute Gasteiger partial charge is 0.342 e. The third-order valence-corrected chi connectivity index (χ3v) is 6.30. The number of hydrogen-bond donors (Lipinski definition) is 1. The zero-order valence-electron chi connectivity index (χ0n) is 14.8. The Kier molecular flexibility index (Phi) is 5.22. The van der Waals surface area contributed by atoms with E-state index < -0.39 is 5.54 Å². The van der Waals surface area contributed by atoms with E-state index in [1.54, 1.807) is 17.0 Å². The fraction of sp³-hybridized carbons (Fsp3) is 0.500. The highest BCUT2D eigenvalue weighted by Gasteiger charge is 2.51. The molecule has 1 spiro atoms. The van der Waals surface area contributed by atoms with Gasteiger partial charge in [0.1, 0.15) is 11.4 Å². The molecule has 1 atom stereocenters. The van der Waals surface area contributed by atoms with Crippen molar-refractivity contribution in [3.05, 3.63) is 30.1 Å². The Balaban J connectivity index is 1.52. The van der Waals surface area contributed by atoms with E-state index in [9.17, 15) is 18.8 Å². The van der Waals surface area contributed by atoms with Gasteiger partial charge >= 0.3 is 6.03 Å². The molecule has 6 nitrogen and oxygen atoms in total. The number of hydrogen-bond acceptors (Lipinski definition) is 4. The molecule has 2 heterocycles. The maximum absolute atomic E-state index is 12.9. The predicted molar refractivity (Wildman–Crippen MR) is 96.1 cm³/mol. The molecule has 0 bridgehead atoms. The van der Waals surface area contributed by atoms with Gasteiger partial charge < -0.3 is 10.2 Å². The smallest absolute Gasteiger partial charge is 0.324 e. The summed E-state index contributed by atoms with van der Waals surface area (Å²) in [5.41, 5.74) is -0.852. The molecule has 0 radical (unpaired) electrons. The Morgan fingerprint density at radius 3 is 2.42 bits per heavy atom. The number of thioether (sulfide) groups is 1. The first-order chi connectivity index (χ1) is 12.3. The number of nitrogens with one attached hydrogen (secondary N) is 1. The van der Waals surface area contributed by atoms with E-state index in [1.165, 1.54) is 30.9 Å². The van der Waals surface area contributed by atoms with Crippen LogP contribution in [0.3, 0.4) is 0 Å². The number of nitrogens with zero attached hydrogens (tertiary/aromatic N) is 2. The lowest BCUT2D eigenvalue weighted by Gasteiger charge is -2.38. The van der Waals surface area contributed by atoms with Gasteiger partial charge in [-0.3, -0.25) is 14.5 Å². The number of piperidine rings is 1. The molecule has 3 rings (SSSR count). The Hall–Kier alpha value is -2.09. The lowest BCUT2D eigenvalue weighted by Crippen LogP contribution is -2.56. The summed E-state index contributed by atoms with van der Waals surface area (Å²) in [5.74, 6) is -0.0329. The molecule has 2 fully saturated rings. The minimum atomic E-state index is -0.852. The zero-order chi connectivity index (χ0) is 18.9. The predicted octanol–water partition coefficient (Wildman–Crippen LogP) is 2.10. The van der Waals surface area contributed by atoms with Gasteiger partial charge in [0.25, 0.3) is 5.91 Å². The van der Waals surface area contributed by atoms with Gasteiger partial charge in [0.15, 0.2) is 0 Å². The molecule has 0 aromatic heterocycles. The van der Waals surface area contributed by atoms with E-state index in [1.807, 2.05) is 6.92 Å². The second-order valence-corrected chi connectivity index (χ2v) is 7.96. The van der Waals surface area contributed by atoms with Crippen LogP contribution in [0.15, 0.2) is 29.2 Å². The third-order valence-electron chi connectivity index (χ3n) is 5.03. The van der Waals surface area contributed by atoms with E-state index in [0.29, 0.717) is 31.7 Å². The van der Waals surface area contributed by atoms with Crippen molar-refractivity contribution >= 4 is 29.6 Å². The summed E-state index contributed by atoms with van der Waals surface area (Å²) in [4.78, 5) is 40.5. The fourth-order valence-corrected chi connectivity index (χ4v) is 4.25. The van der Waals surface area contributed by atoms with Gasteiger partial charge in [0.05, 0.1) is 0 Å². The minimum absolute atomic E-state index is 0.0413. The number of carbonyl (C=O) groups excluding carboxylic acids is 3. The SMILES string of the molecule is C[C@H](CSc1ccc(F)cc1)C(=O)N1CCC2(CC1)NC(=O)N(C)C2=O. The Morgan fingerprint density at radius 1 is 1.27 bits per heavy atom. The zero-order valence-corrected chi connectivity index (χ0v) is 15.6. The van der Waals surface area contributed by atoms with Gasteiger partial charge in [-0.05, 0) is 37.1 Å². The first-order valence-electron chi connectivity index (χ1n) is 8.60. The number of urea groups is 1. The molecule has 8 heteroatoms. The summed E-state index contributed by atoms with van der Waals surface area (Å²) in [6.07, 6.45) is 0.872. The number of likely N-dealkylation sites (tertiary alicyclic amines) is 1. The number of benzene rings is 1. The van der Waals surface area contributed by atoms with Crippen molar-refractivity contribution in [1.82, 2.24) is 15.1 Å². The number of imide groups is 1. The quantitative estimate of drug-likeness (QED) is 0.643. The second kappa shape index (κ2) is 7.26. The van der Waals surface area contributed by atoms with Crippen molar-refractivity contribution in [2.24, 2.45) is 5.92 Å². The van der Waals surface area contributed by atoms with Crippen molar-refractivity contribution < 1.29 is 18.8 Å². The van der Waals surface area contributed by atoms with Crippen LogP contribution < -0.4 is 5.32 Å². The minimum Gasteiger partial charge on any atom is -0.342 e. The van der Waals surface area contributed by atoms with Crippen molar-refractivity contribution in [3.63, 3.8) is 0 Å². The summed E-state index contributed by atoms with van der Waals surface area (Å²) >= 11 is 1.52. The lowest BCUT2D eigenvalue weighted by atomic mass is 9.87. The first-order valence-corrected chi connectivity index (χ1v) is 9.58. The van der Waals surface area contributed by atoms with Gasteiger partial charge in [0, 0.05) is 36.7 Å². The van der Waals surface area contributed by atoms with Gasteiger partial charge in [-0.15, -0.1) is 11.8 Å². The van der Waals surface area contributed by atoms with Crippen LogP contribution in [0.25, 0.3) is 0 Å². The molecule has 1 aromatic carbocycles. The molecule has 26 heavy (non-hydrogen) atoms. The molecular formula is C18H22FN3O3S. The number of rotatable bonds is 4. The molecule has 0 unspecified atom stereocenters. The average Bonchev–Trinajstić information content (AvgIpc) is 2.85.